The molecule has 0 amide bonds. The molecule has 1 saturated carbocycles. The topological polar surface area (TPSA) is 26.0 Å². The second kappa shape index (κ2) is 5.22. The zero-order valence-electron chi connectivity index (χ0n) is 11.4. The van der Waals surface area contributed by atoms with Crippen molar-refractivity contribution in [2.45, 2.75) is 58.9 Å². The summed E-state index contributed by atoms with van der Waals surface area (Å²) in [5, 5.41) is 0. The van der Waals surface area contributed by atoms with Gasteiger partial charge in [0.25, 0.3) is 0 Å². The van der Waals surface area contributed by atoms with E-state index < -0.39 is 0 Å². The molecular weight excluding hydrogens is 206 g/mol. The van der Waals surface area contributed by atoms with E-state index >= 15 is 0 Å². The summed E-state index contributed by atoms with van der Waals surface area (Å²) < 4.78 is 0. The zero-order valence-corrected chi connectivity index (χ0v) is 11.4. The summed E-state index contributed by atoms with van der Waals surface area (Å²) in [5.41, 5.74) is 12.0. The Morgan fingerprint density at radius 3 is 2.06 bits per heavy atom. The van der Waals surface area contributed by atoms with Gasteiger partial charge in [-0.3, -0.25) is 0 Å². The number of nitrogens with two attached hydrogens (primary N) is 1. The Morgan fingerprint density at radius 1 is 1.00 bits per heavy atom. The molecule has 0 heterocycles. The fourth-order valence-corrected chi connectivity index (χ4v) is 3.45. The number of benzene rings is 1. The lowest BCUT2D eigenvalue weighted by atomic mass is 9.79. The van der Waals surface area contributed by atoms with Gasteiger partial charge < -0.3 is 5.73 Å². The van der Waals surface area contributed by atoms with E-state index in [1.54, 1.807) is 0 Å². The van der Waals surface area contributed by atoms with E-state index in [1.165, 1.54) is 54.4 Å². The van der Waals surface area contributed by atoms with Gasteiger partial charge in [0.15, 0.2) is 0 Å². The quantitative estimate of drug-likeness (QED) is 0.811. The van der Waals surface area contributed by atoms with Gasteiger partial charge in [-0.25, -0.2) is 0 Å². The molecular formula is C16H25N. The summed E-state index contributed by atoms with van der Waals surface area (Å²) >= 11 is 0. The lowest BCUT2D eigenvalue weighted by Gasteiger charge is -2.30. The normalized spacial score (nSPS) is 19.3. The Balaban J connectivity index is 2.26. The van der Waals surface area contributed by atoms with Crippen molar-refractivity contribution in [1.29, 1.82) is 0 Å². The first-order valence-electron chi connectivity index (χ1n) is 6.93. The van der Waals surface area contributed by atoms with Crippen LogP contribution in [0.5, 0.6) is 0 Å². The van der Waals surface area contributed by atoms with E-state index in [2.05, 4.69) is 32.9 Å². The van der Waals surface area contributed by atoms with Crippen LogP contribution in [0, 0.1) is 26.7 Å². The molecule has 0 radical (unpaired) electrons. The highest BCUT2D eigenvalue weighted by Crippen LogP contribution is 2.35. The highest BCUT2D eigenvalue weighted by Gasteiger charge is 2.24. The molecule has 1 aromatic carbocycles. The molecule has 1 aliphatic carbocycles. The van der Waals surface area contributed by atoms with Crippen molar-refractivity contribution >= 4 is 0 Å². The monoisotopic (exact) mass is 231 g/mol. The van der Waals surface area contributed by atoms with Gasteiger partial charge in [0.2, 0.25) is 0 Å². The lowest BCUT2D eigenvalue weighted by Crippen LogP contribution is -2.25. The van der Waals surface area contributed by atoms with Crippen LogP contribution in [0.25, 0.3) is 0 Å². The zero-order chi connectivity index (χ0) is 12.4. The number of aryl methyl sites for hydroxylation is 3. The van der Waals surface area contributed by atoms with E-state index in [0.717, 1.165) is 0 Å². The molecule has 2 N–H and O–H groups in total. The van der Waals surface area contributed by atoms with Gasteiger partial charge >= 0.3 is 0 Å². The Kier molecular flexibility index (Phi) is 3.88. The van der Waals surface area contributed by atoms with Gasteiger partial charge in [-0.2, -0.15) is 0 Å². The summed E-state index contributed by atoms with van der Waals surface area (Å²) in [6, 6.07) is 4.78. The molecule has 0 aromatic heterocycles. The average Bonchev–Trinajstić information content (AvgIpc) is 2.28. The third-order valence-electron chi connectivity index (χ3n) is 4.23. The van der Waals surface area contributed by atoms with Crippen LogP contribution in [-0.2, 0) is 0 Å². The van der Waals surface area contributed by atoms with Crippen molar-refractivity contribution in [3.05, 3.63) is 34.4 Å². The molecule has 0 bridgehead atoms. The maximum atomic E-state index is 6.52. The molecule has 94 valence electrons. The molecule has 1 atom stereocenters. The van der Waals surface area contributed by atoms with Gasteiger partial charge in [0.05, 0.1) is 0 Å². The molecule has 0 aliphatic heterocycles. The first-order valence-corrected chi connectivity index (χ1v) is 6.93. The highest BCUT2D eigenvalue weighted by molar-refractivity contribution is 5.39. The summed E-state index contributed by atoms with van der Waals surface area (Å²) in [4.78, 5) is 0. The van der Waals surface area contributed by atoms with Gasteiger partial charge in [-0.05, 0) is 56.2 Å². The van der Waals surface area contributed by atoms with Crippen molar-refractivity contribution in [1.82, 2.24) is 0 Å². The Bertz CT molecular complexity index is 366. The van der Waals surface area contributed by atoms with Crippen LogP contribution < -0.4 is 5.73 Å². The minimum Gasteiger partial charge on any atom is -0.324 e. The SMILES string of the molecule is Cc1cc(C)c([C@H](N)C2CCCCC2)c(C)c1. The van der Waals surface area contributed by atoms with Crippen LogP contribution in [-0.4, -0.2) is 0 Å². The first kappa shape index (κ1) is 12.6. The molecule has 0 saturated heterocycles. The summed E-state index contributed by atoms with van der Waals surface area (Å²) in [5.74, 6) is 0.698. The highest BCUT2D eigenvalue weighted by atomic mass is 14.7. The predicted octanol–water partition coefficient (Wildman–Crippen LogP) is 4.19. The van der Waals surface area contributed by atoms with Crippen LogP contribution >= 0.6 is 0 Å². The first-order chi connectivity index (χ1) is 8.09. The van der Waals surface area contributed by atoms with Crippen molar-refractivity contribution < 1.29 is 0 Å². The second-order valence-electron chi connectivity index (χ2n) is 5.74. The molecule has 1 aliphatic rings. The van der Waals surface area contributed by atoms with E-state index in [9.17, 15) is 0 Å². The second-order valence-corrected chi connectivity index (χ2v) is 5.74. The Morgan fingerprint density at radius 2 is 1.53 bits per heavy atom. The summed E-state index contributed by atoms with van der Waals surface area (Å²) in [6.45, 7) is 6.58. The third kappa shape index (κ3) is 2.71. The van der Waals surface area contributed by atoms with Crippen molar-refractivity contribution in [2.75, 3.05) is 0 Å². The molecule has 1 heteroatoms. The van der Waals surface area contributed by atoms with E-state index in [4.69, 9.17) is 5.73 Å². The van der Waals surface area contributed by atoms with E-state index in [-0.39, 0.29) is 6.04 Å². The smallest absolute Gasteiger partial charge is 0.0328 e. The summed E-state index contributed by atoms with van der Waals surface area (Å²) in [6.07, 6.45) is 6.75. The fourth-order valence-electron chi connectivity index (χ4n) is 3.45. The minimum atomic E-state index is 0.246. The number of rotatable bonds is 2. The fraction of sp³-hybridized carbons (Fsp3) is 0.625. The summed E-state index contributed by atoms with van der Waals surface area (Å²) in [7, 11) is 0. The average molecular weight is 231 g/mol. The van der Waals surface area contributed by atoms with Gasteiger partial charge in [0.1, 0.15) is 0 Å². The molecule has 1 aromatic rings. The third-order valence-corrected chi connectivity index (χ3v) is 4.23. The van der Waals surface area contributed by atoms with Crippen molar-refractivity contribution in [3.63, 3.8) is 0 Å². The maximum absolute atomic E-state index is 6.52. The number of hydrogen-bond donors (Lipinski definition) is 1. The van der Waals surface area contributed by atoms with Crippen molar-refractivity contribution in [2.24, 2.45) is 11.7 Å². The van der Waals surface area contributed by atoms with E-state index in [1.807, 2.05) is 0 Å². The Hall–Kier alpha value is -0.820. The number of hydrogen-bond acceptors (Lipinski definition) is 1. The molecule has 0 unspecified atom stereocenters. The van der Waals surface area contributed by atoms with Crippen LogP contribution in [0.1, 0.15) is 60.4 Å². The molecule has 0 spiro atoms. The van der Waals surface area contributed by atoms with Crippen LogP contribution in [0.3, 0.4) is 0 Å². The van der Waals surface area contributed by atoms with E-state index in [0.29, 0.717) is 5.92 Å². The molecule has 1 fully saturated rings. The molecule has 17 heavy (non-hydrogen) atoms. The lowest BCUT2D eigenvalue weighted by molar-refractivity contribution is 0.307. The standard InChI is InChI=1S/C16H25N/c1-11-9-12(2)15(13(3)10-11)16(17)14-7-5-4-6-8-14/h9-10,14,16H,4-8,17H2,1-3H3/t16-/m1/s1. The largest absolute Gasteiger partial charge is 0.324 e. The van der Waals surface area contributed by atoms with Crippen LogP contribution in [0.2, 0.25) is 0 Å². The van der Waals surface area contributed by atoms with Gasteiger partial charge in [-0.1, -0.05) is 37.0 Å². The van der Waals surface area contributed by atoms with Crippen molar-refractivity contribution in [3.8, 4) is 0 Å². The Labute approximate surface area is 105 Å². The van der Waals surface area contributed by atoms with Gasteiger partial charge in [0, 0.05) is 6.04 Å². The minimum absolute atomic E-state index is 0.246. The van der Waals surface area contributed by atoms with Gasteiger partial charge in [-0.15, -0.1) is 0 Å². The predicted molar refractivity (Wildman–Crippen MR) is 74.2 cm³/mol. The van der Waals surface area contributed by atoms with Crippen LogP contribution in [0.15, 0.2) is 12.1 Å². The van der Waals surface area contributed by atoms with Crippen LogP contribution in [0.4, 0.5) is 0 Å². The maximum Gasteiger partial charge on any atom is 0.0328 e. The molecule has 2 rings (SSSR count). The molecule has 1 nitrogen and oxygen atoms in total.